The van der Waals surface area contributed by atoms with E-state index in [4.69, 9.17) is 32.3 Å². The minimum Gasteiger partial charge on any atom is -0.461 e. The van der Waals surface area contributed by atoms with E-state index in [-0.39, 0.29) is 32.0 Å². The molecule has 0 spiro atoms. The third kappa shape index (κ3) is 6.83. The van der Waals surface area contributed by atoms with Crippen molar-refractivity contribution >= 4 is 23.5 Å². The van der Waals surface area contributed by atoms with Gasteiger partial charge in [-0.1, -0.05) is 72.5 Å². The molecule has 0 unspecified atom stereocenters. The van der Waals surface area contributed by atoms with Crippen molar-refractivity contribution in [1.29, 1.82) is 0 Å². The number of carbonyl (C=O) groups excluding carboxylic acids is 2. The molecule has 0 aliphatic carbocycles. The maximum absolute atomic E-state index is 13.2. The summed E-state index contributed by atoms with van der Waals surface area (Å²) in [5.74, 6) is 5.43. The van der Waals surface area contributed by atoms with E-state index < -0.39 is 12.1 Å². The highest BCUT2D eigenvalue weighted by Gasteiger charge is 2.31. The van der Waals surface area contributed by atoms with Gasteiger partial charge in [-0.2, -0.15) is 4.57 Å². The normalized spacial score (nSPS) is 12.5. The van der Waals surface area contributed by atoms with Crippen LogP contribution in [-0.2, 0) is 22.6 Å². The molecule has 0 saturated heterocycles. The molecule has 0 fully saturated rings. The Kier molecular flexibility index (Phi) is 9.66. The zero-order chi connectivity index (χ0) is 37.7. The van der Waals surface area contributed by atoms with E-state index in [1.165, 1.54) is 4.68 Å². The Balaban J connectivity index is 0.875. The number of rotatable bonds is 9. The van der Waals surface area contributed by atoms with Crippen LogP contribution < -0.4 is 4.57 Å². The molecule has 6 aromatic rings. The van der Waals surface area contributed by atoms with E-state index in [2.05, 4.69) is 21.9 Å². The standard InChI is InChI=1S/C44H34N7O4/c1-3-30-18-20-36-34(24-30)40(32-14-8-5-9-15-32)45-26-38-42(47-28-49(36)38)43(52)54-22-12-7-13-23-55-44(53)51-39-27-46-41(33-16-10-6-11-17-33)35-25-31(4-2)19-21-37(35)50(39)29-48-51/h1-2,5-6,8-11,14-21,24-25,28-29H,7,12-13,22-23,26-27H2/q+1. The molecule has 0 N–H and O–H groups in total. The zero-order valence-electron chi connectivity index (χ0n) is 29.8. The predicted octanol–water partition coefficient (Wildman–Crippen LogP) is 6.02. The Labute approximate surface area is 317 Å². The number of carbonyl (C=O) groups is 2. The summed E-state index contributed by atoms with van der Waals surface area (Å²) in [5, 5.41) is 4.34. The van der Waals surface area contributed by atoms with Gasteiger partial charge in [0.2, 0.25) is 0 Å². The number of imidazole rings is 1. The van der Waals surface area contributed by atoms with Crippen molar-refractivity contribution in [2.24, 2.45) is 9.98 Å². The van der Waals surface area contributed by atoms with Gasteiger partial charge in [0.25, 0.3) is 12.2 Å². The van der Waals surface area contributed by atoms with Crippen molar-refractivity contribution in [2.45, 2.75) is 32.4 Å². The number of benzene rings is 4. The van der Waals surface area contributed by atoms with Crippen molar-refractivity contribution in [3.63, 3.8) is 0 Å². The van der Waals surface area contributed by atoms with Gasteiger partial charge in [-0.05, 0) is 60.3 Å². The van der Waals surface area contributed by atoms with E-state index >= 15 is 0 Å². The van der Waals surface area contributed by atoms with E-state index in [1.54, 1.807) is 12.7 Å². The minimum absolute atomic E-state index is 0.170. The summed E-state index contributed by atoms with van der Waals surface area (Å²) in [6.07, 6.45) is 15.9. The maximum atomic E-state index is 13.2. The van der Waals surface area contributed by atoms with Gasteiger partial charge >= 0.3 is 12.1 Å². The lowest BCUT2D eigenvalue weighted by Crippen LogP contribution is -2.36. The molecule has 11 nitrogen and oxygen atoms in total. The van der Waals surface area contributed by atoms with Crippen molar-refractivity contribution in [2.75, 3.05) is 13.2 Å². The highest BCUT2D eigenvalue weighted by atomic mass is 16.6. The van der Waals surface area contributed by atoms with Crippen molar-refractivity contribution in [3.05, 3.63) is 160 Å². The fraction of sp³-hybridized carbons (Fsp3) is 0.159. The molecule has 4 aromatic carbocycles. The molecule has 55 heavy (non-hydrogen) atoms. The molecule has 2 aliphatic heterocycles. The molecular formula is C44H34N7O4+. The lowest BCUT2D eigenvalue weighted by atomic mass is 9.98. The van der Waals surface area contributed by atoms with Gasteiger partial charge in [-0.3, -0.25) is 14.6 Å². The number of unbranched alkanes of at least 4 members (excludes halogenated alkanes) is 2. The molecule has 2 aromatic heterocycles. The predicted molar refractivity (Wildman–Crippen MR) is 206 cm³/mol. The van der Waals surface area contributed by atoms with Crippen molar-refractivity contribution in [1.82, 2.24) is 19.3 Å². The number of nitrogens with zero attached hydrogens (tertiary/aromatic N) is 7. The van der Waals surface area contributed by atoms with Crippen LogP contribution in [0.1, 0.15) is 74.6 Å². The number of esters is 1. The molecule has 0 radical (unpaired) electrons. The van der Waals surface area contributed by atoms with Gasteiger partial charge < -0.3 is 9.47 Å². The van der Waals surface area contributed by atoms with Crippen molar-refractivity contribution < 1.29 is 23.6 Å². The third-order valence-electron chi connectivity index (χ3n) is 9.50. The van der Waals surface area contributed by atoms with Crippen LogP contribution in [0.2, 0.25) is 0 Å². The SMILES string of the molecule is C#Cc1ccc2c(c1)C(c1ccccc1)=NCc1c(C(=O)OCCCCCOC(=O)n3nc[n+]4c3CN=C(c3ccccc3)c3cc(C#C)ccc3-4)ncn1-2. The number of ether oxygens (including phenoxy) is 2. The van der Waals surface area contributed by atoms with Crippen LogP contribution in [0.5, 0.6) is 0 Å². The lowest BCUT2D eigenvalue weighted by Gasteiger charge is -2.12. The Bertz CT molecular complexity index is 2410. The molecule has 0 atom stereocenters. The highest BCUT2D eigenvalue weighted by molar-refractivity contribution is 6.16. The molecule has 8 rings (SSSR count). The average Bonchev–Trinajstić information content (AvgIpc) is 3.77. The average molecular weight is 725 g/mol. The van der Waals surface area contributed by atoms with E-state index in [9.17, 15) is 9.59 Å². The summed E-state index contributed by atoms with van der Waals surface area (Å²) in [7, 11) is 0. The largest absolute Gasteiger partial charge is 0.513 e. The Morgan fingerprint density at radius 3 is 2.09 bits per heavy atom. The highest BCUT2D eigenvalue weighted by Crippen LogP contribution is 2.28. The summed E-state index contributed by atoms with van der Waals surface area (Å²) in [6.45, 7) is 0.789. The quantitative estimate of drug-likeness (QED) is 0.0780. The monoisotopic (exact) mass is 724 g/mol. The molecular weight excluding hydrogens is 691 g/mol. The summed E-state index contributed by atoms with van der Waals surface area (Å²) in [4.78, 5) is 40.7. The number of aromatic nitrogens is 5. The lowest BCUT2D eigenvalue weighted by molar-refractivity contribution is -0.604. The molecule has 2 aliphatic rings. The first kappa shape index (κ1) is 34.7. The third-order valence-corrected chi connectivity index (χ3v) is 9.50. The van der Waals surface area contributed by atoms with Crippen LogP contribution in [0, 0.1) is 24.7 Å². The van der Waals surface area contributed by atoms with Crippen LogP contribution in [0.3, 0.4) is 0 Å². The molecule has 268 valence electrons. The molecule has 11 heteroatoms. The Hall–Kier alpha value is -7.37. The minimum atomic E-state index is -0.601. The van der Waals surface area contributed by atoms with Gasteiger partial charge in [0.15, 0.2) is 5.69 Å². The first-order valence-corrected chi connectivity index (χ1v) is 17.9. The van der Waals surface area contributed by atoms with Crippen molar-refractivity contribution in [3.8, 4) is 36.1 Å². The first-order valence-electron chi connectivity index (χ1n) is 17.9. The molecule has 4 heterocycles. The number of aliphatic imine (C=N–C) groups is 2. The summed E-state index contributed by atoms with van der Waals surface area (Å²) in [6, 6.07) is 31.1. The number of terminal acetylenes is 2. The van der Waals surface area contributed by atoms with Crippen LogP contribution in [0.25, 0.3) is 11.4 Å². The summed E-state index contributed by atoms with van der Waals surface area (Å²) < 4.78 is 16.2. The fourth-order valence-electron chi connectivity index (χ4n) is 6.78. The van der Waals surface area contributed by atoms with Crippen LogP contribution in [0.15, 0.2) is 120 Å². The zero-order valence-corrected chi connectivity index (χ0v) is 29.8. The summed E-state index contributed by atoms with van der Waals surface area (Å²) in [5.41, 5.74) is 9.09. The van der Waals surface area contributed by atoms with Gasteiger partial charge in [-0.15, -0.1) is 12.8 Å². The van der Waals surface area contributed by atoms with E-state index in [0.717, 1.165) is 56.2 Å². The second-order valence-electron chi connectivity index (χ2n) is 12.9. The second-order valence-corrected chi connectivity index (χ2v) is 12.9. The van der Waals surface area contributed by atoms with Gasteiger partial charge in [0, 0.05) is 38.5 Å². The van der Waals surface area contributed by atoms with Crippen LogP contribution in [0.4, 0.5) is 4.79 Å². The number of hydrogen-bond acceptors (Lipinski definition) is 8. The Morgan fingerprint density at radius 2 is 1.38 bits per heavy atom. The topological polar surface area (TPSA) is 117 Å². The molecule has 0 amide bonds. The maximum Gasteiger partial charge on any atom is 0.513 e. The number of hydrogen-bond donors (Lipinski definition) is 0. The molecule has 0 saturated carbocycles. The summed E-state index contributed by atoms with van der Waals surface area (Å²) >= 11 is 0. The second kappa shape index (κ2) is 15.3. The fourth-order valence-corrected chi connectivity index (χ4v) is 6.78. The van der Waals surface area contributed by atoms with Crippen LogP contribution >= 0.6 is 0 Å². The molecule has 0 bridgehead atoms. The Morgan fingerprint density at radius 1 is 0.745 bits per heavy atom. The number of fused-ring (bicyclic) bond motifs is 6. The van der Waals surface area contributed by atoms with E-state index in [1.807, 2.05) is 106 Å². The van der Waals surface area contributed by atoms with Crippen LogP contribution in [-0.4, -0.2) is 56.0 Å². The van der Waals surface area contributed by atoms with Gasteiger partial charge in [-0.25, -0.2) is 14.6 Å². The van der Waals surface area contributed by atoms with E-state index in [0.29, 0.717) is 30.8 Å². The van der Waals surface area contributed by atoms with Gasteiger partial charge in [0.05, 0.1) is 42.6 Å². The first-order chi connectivity index (χ1) is 27.0. The van der Waals surface area contributed by atoms with Gasteiger partial charge in [0.1, 0.15) is 18.6 Å². The smallest absolute Gasteiger partial charge is 0.461 e.